The lowest BCUT2D eigenvalue weighted by Crippen LogP contribution is -2.30. The first kappa shape index (κ1) is 11.1. The molecule has 82 valence electrons. The monoisotopic (exact) mass is 288 g/mol. The van der Waals surface area contributed by atoms with Crippen LogP contribution in [-0.4, -0.2) is 15.2 Å². The third-order valence-electron chi connectivity index (χ3n) is 2.36. The van der Waals surface area contributed by atoms with E-state index in [1.54, 1.807) is 11.3 Å². The molecule has 0 atom stereocenters. The molecule has 0 unspecified atom stereocenters. The number of halogens is 1. The Morgan fingerprint density at radius 2 is 2.27 bits per heavy atom. The lowest BCUT2D eigenvalue weighted by atomic mass is 10.2. The van der Waals surface area contributed by atoms with Gasteiger partial charge in [0.25, 0.3) is 0 Å². The van der Waals surface area contributed by atoms with Crippen molar-refractivity contribution in [3.63, 3.8) is 0 Å². The van der Waals surface area contributed by atoms with Crippen molar-refractivity contribution < 1.29 is 4.79 Å². The predicted molar refractivity (Wildman–Crippen MR) is 65.8 cm³/mol. The first-order valence-electron chi connectivity index (χ1n) is 4.96. The van der Waals surface area contributed by atoms with Crippen molar-refractivity contribution >= 4 is 38.3 Å². The lowest BCUT2D eigenvalue weighted by Gasteiger charge is -2.13. The Kier molecular flexibility index (Phi) is 2.85. The van der Waals surface area contributed by atoms with Crippen molar-refractivity contribution in [2.75, 3.05) is 5.32 Å². The van der Waals surface area contributed by atoms with Gasteiger partial charge in [0.2, 0.25) is 5.91 Å². The smallest absolute Gasteiger partial charge is 0.242 e. The van der Waals surface area contributed by atoms with Crippen LogP contribution in [0.5, 0.6) is 0 Å². The minimum atomic E-state index is -0.539. The Morgan fingerprint density at radius 1 is 1.53 bits per heavy atom. The van der Waals surface area contributed by atoms with E-state index in [0.29, 0.717) is 0 Å². The molecule has 1 aliphatic carbocycles. The predicted octanol–water partition coefficient (Wildman–Crippen LogP) is 2.74. The third-order valence-corrected chi connectivity index (χ3v) is 3.79. The van der Waals surface area contributed by atoms with Crippen molar-refractivity contribution in [1.29, 1.82) is 0 Å². The fraction of sp³-hybridized carbons (Fsp3) is 0.600. The van der Waals surface area contributed by atoms with Crippen molar-refractivity contribution in [3.05, 3.63) is 10.6 Å². The van der Waals surface area contributed by atoms with Crippen LogP contribution in [0.1, 0.15) is 30.8 Å². The molecule has 1 aromatic heterocycles. The molecule has 1 N–H and O–H groups in total. The summed E-state index contributed by atoms with van der Waals surface area (Å²) in [5, 5.41) is 3.57. The SMILES string of the molecule is CC(C)(Br)C(=O)Nc1nc2c(s1)CCC2. The highest BCUT2D eigenvalue weighted by Crippen LogP contribution is 2.31. The molecule has 15 heavy (non-hydrogen) atoms. The molecule has 5 heteroatoms. The maximum absolute atomic E-state index is 11.7. The number of alkyl halides is 1. The van der Waals surface area contributed by atoms with Gasteiger partial charge in [-0.2, -0.15) is 0 Å². The van der Waals surface area contributed by atoms with E-state index < -0.39 is 4.32 Å². The highest BCUT2D eigenvalue weighted by molar-refractivity contribution is 9.10. The quantitative estimate of drug-likeness (QED) is 0.851. The summed E-state index contributed by atoms with van der Waals surface area (Å²) in [6, 6.07) is 0. The van der Waals surface area contributed by atoms with Crippen molar-refractivity contribution in [1.82, 2.24) is 4.98 Å². The number of hydrogen-bond acceptors (Lipinski definition) is 3. The van der Waals surface area contributed by atoms with Gasteiger partial charge >= 0.3 is 0 Å². The van der Waals surface area contributed by atoms with Crippen LogP contribution in [0, 0.1) is 0 Å². The molecule has 3 nitrogen and oxygen atoms in total. The van der Waals surface area contributed by atoms with Crippen LogP contribution in [0.3, 0.4) is 0 Å². The van der Waals surface area contributed by atoms with Gasteiger partial charge in [0, 0.05) is 4.88 Å². The normalized spacial score (nSPS) is 15.1. The minimum absolute atomic E-state index is 0.0464. The summed E-state index contributed by atoms with van der Waals surface area (Å²) in [4.78, 5) is 17.4. The van der Waals surface area contributed by atoms with E-state index >= 15 is 0 Å². The molecule has 2 rings (SSSR count). The topological polar surface area (TPSA) is 42.0 Å². The first-order valence-corrected chi connectivity index (χ1v) is 6.57. The number of hydrogen-bond donors (Lipinski definition) is 1. The van der Waals surface area contributed by atoms with Crippen molar-refractivity contribution in [3.8, 4) is 0 Å². The number of thiazole rings is 1. The number of amides is 1. The molecule has 1 heterocycles. The summed E-state index contributed by atoms with van der Waals surface area (Å²) in [5.41, 5.74) is 1.17. The molecular weight excluding hydrogens is 276 g/mol. The second kappa shape index (κ2) is 3.87. The average Bonchev–Trinajstić information content (AvgIpc) is 2.61. The Bertz CT molecular complexity index is 373. The van der Waals surface area contributed by atoms with Crippen LogP contribution < -0.4 is 5.32 Å². The van der Waals surface area contributed by atoms with Crippen LogP contribution in [0.25, 0.3) is 0 Å². The molecule has 1 amide bonds. The van der Waals surface area contributed by atoms with Gasteiger partial charge in [0.1, 0.15) is 0 Å². The van der Waals surface area contributed by atoms with Crippen LogP contribution in [0.4, 0.5) is 5.13 Å². The van der Waals surface area contributed by atoms with Gasteiger partial charge in [-0.15, -0.1) is 11.3 Å². The number of anilines is 1. The second-order valence-electron chi connectivity index (χ2n) is 4.17. The fourth-order valence-electron chi connectivity index (χ4n) is 1.49. The summed E-state index contributed by atoms with van der Waals surface area (Å²) >= 11 is 4.93. The Labute approximate surface area is 101 Å². The maximum Gasteiger partial charge on any atom is 0.242 e. The van der Waals surface area contributed by atoms with Crippen molar-refractivity contribution in [2.24, 2.45) is 0 Å². The van der Waals surface area contributed by atoms with Crippen LogP contribution in [-0.2, 0) is 17.6 Å². The number of rotatable bonds is 2. The summed E-state index contributed by atoms with van der Waals surface area (Å²) in [6.45, 7) is 3.65. The zero-order valence-electron chi connectivity index (χ0n) is 8.76. The number of carbonyl (C=O) groups excluding carboxylic acids is 1. The molecule has 1 aliphatic rings. The third kappa shape index (κ3) is 2.39. The van der Waals surface area contributed by atoms with E-state index in [1.807, 2.05) is 13.8 Å². The molecular formula is C10H13BrN2OS. The molecule has 0 spiro atoms. The van der Waals surface area contributed by atoms with Crippen LogP contribution >= 0.6 is 27.3 Å². The van der Waals surface area contributed by atoms with E-state index in [4.69, 9.17) is 0 Å². The van der Waals surface area contributed by atoms with E-state index in [2.05, 4.69) is 26.2 Å². The number of nitrogens with zero attached hydrogens (tertiary/aromatic N) is 1. The van der Waals surface area contributed by atoms with Crippen LogP contribution in [0.15, 0.2) is 0 Å². The van der Waals surface area contributed by atoms with Gasteiger partial charge in [0.05, 0.1) is 10.0 Å². The minimum Gasteiger partial charge on any atom is -0.301 e. The number of aryl methyl sites for hydroxylation is 2. The average molecular weight is 289 g/mol. The van der Waals surface area contributed by atoms with Crippen molar-refractivity contribution in [2.45, 2.75) is 37.4 Å². The first-order chi connectivity index (χ1) is 6.97. The standard InChI is InChI=1S/C10H13BrN2OS/c1-10(2,11)8(14)13-9-12-6-4-3-5-7(6)15-9/h3-5H2,1-2H3,(H,12,13,14). The van der Waals surface area contributed by atoms with E-state index in [1.165, 1.54) is 17.0 Å². The van der Waals surface area contributed by atoms with Gasteiger partial charge < -0.3 is 5.32 Å². The molecule has 0 fully saturated rings. The zero-order valence-corrected chi connectivity index (χ0v) is 11.2. The summed E-state index contributed by atoms with van der Waals surface area (Å²) in [7, 11) is 0. The van der Waals surface area contributed by atoms with Gasteiger partial charge in [0.15, 0.2) is 5.13 Å². The molecule has 0 aliphatic heterocycles. The zero-order chi connectivity index (χ0) is 11.1. The molecule has 0 saturated heterocycles. The molecule has 1 aromatic rings. The summed E-state index contributed by atoms with van der Waals surface area (Å²) in [5.74, 6) is -0.0464. The van der Waals surface area contributed by atoms with Gasteiger partial charge in [-0.25, -0.2) is 4.98 Å². The summed E-state index contributed by atoms with van der Waals surface area (Å²) in [6.07, 6.45) is 3.37. The second-order valence-corrected chi connectivity index (χ2v) is 7.24. The highest BCUT2D eigenvalue weighted by Gasteiger charge is 2.25. The summed E-state index contributed by atoms with van der Waals surface area (Å²) < 4.78 is -0.539. The fourth-order valence-corrected chi connectivity index (χ4v) is 2.63. The van der Waals surface area contributed by atoms with E-state index in [9.17, 15) is 4.79 Å². The molecule has 0 radical (unpaired) electrons. The molecule has 0 aromatic carbocycles. The molecule has 0 bridgehead atoms. The lowest BCUT2D eigenvalue weighted by molar-refractivity contribution is -0.117. The van der Waals surface area contributed by atoms with Gasteiger partial charge in [-0.3, -0.25) is 4.79 Å². The Balaban J connectivity index is 2.09. The number of nitrogens with one attached hydrogen (secondary N) is 1. The number of carbonyl (C=O) groups is 1. The highest BCUT2D eigenvalue weighted by atomic mass is 79.9. The number of aromatic nitrogens is 1. The van der Waals surface area contributed by atoms with E-state index in [-0.39, 0.29) is 5.91 Å². The van der Waals surface area contributed by atoms with Crippen LogP contribution in [0.2, 0.25) is 0 Å². The van der Waals surface area contributed by atoms with Gasteiger partial charge in [-0.05, 0) is 33.1 Å². The Morgan fingerprint density at radius 3 is 2.87 bits per heavy atom. The Hall–Kier alpha value is -0.420. The van der Waals surface area contributed by atoms with E-state index in [0.717, 1.165) is 18.0 Å². The maximum atomic E-state index is 11.7. The molecule has 0 saturated carbocycles. The number of fused-ring (bicyclic) bond motifs is 1. The van der Waals surface area contributed by atoms with Gasteiger partial charge in [-0.1, -0.05) is 15.9 Å². The largest absolute Gasteiger partial charge is 0.301 e.